The molecule has 4 rings (SSSR count). The van der Waals surface area contributed by atoms with Crippen LogP contribution in [0.5, 0.6) is 5.75 Å². The average molecular weight is 384 g/mol. The summed E-state index contributed by atoms with van der Waals surface area (Å²) in [7, 11) is 1.59. The van der Waals surface area contributed by atoms with Crippen LogP contribution in [0.25, 0.3) is 33.3 Å². The highest BCUT2D eigenvalue weighted by atomic mass is 16.5. The van der Waals surface area contributed by atoms with Gasteiger partial charge in [-0.05, 0) is 54.5 Å². The van der Waals surface area contributed by atoms with Gasteiger partial charge in [0.05, 0.1) is 7.11 Å². The number of hydrogen-bond donors (Lipinski definition) is 2. The first-order valence-electron chi connectivity index (χ1n) is 9.10. The molecule has 0 bridgehead atoms. The zero-order chi connectivity index (χ0) is 20.4. The van der Waals surface area contributed by atoms with E-state index in [0.717, 1.165) is 39.0 Å². The summed E-state index contributed by atoms with van der Waals surface area (Å²) in [6.07, 6.45) is 6.79. The molecule has 0 saturated heterocycles. The summed E-state index contributed by atoms with van der Waals surface area (Å²) in [5.41, 5.74) is 6.32. The van der Waals surface area contributed by atoms with Crippen LogP contribution >= 0.6 is 0 Å². The van der Waals surface area contributed by atoms with Crippen LogP contribution in [0.1, 0.15) is 5.69 Å². The molecule has 1 aromatic carbocycles. The van der Waals surface area contributed by atoms with Crippen molar-refractivity contribution < 1.29 is 9.53 Å². The topological polar surface area (TPSA) is 79.9 Å². The van der Waals surface area contributed by atoms with E-state index in [1.54, 1.807) is 25.6 Å². The Morgan fingerprint density at radius 2 is 2.00 bits per heavy atom. The number of benzene rings is 1. The minimum Gasteiger partial charge on any atom is -0.497 e. The molecule has 6 nitrogen and oxygen atoms in total. The number of nitrogens with zero attached hydrogens (tertiary/aromatic N) is 2. The second-order valence-electron chi connectivity index (χ2n) is 6.65. The van der Waals surface area contributed by atoms with Crippen LogP contribution in [-0.4, -0.2) is 28.0 Å². The fourth-order valence-electron chi connectivity index (χ4n) is 3.26. The molecular formula is C23H20N4O2. The predicted octanol–water partition coefficient (Wildman–Crippen LogP) is 4.73. The molecule has 0 unspecified atom stereocenters. The van der Waals surface area contributed by atoms with Crippen LogP contribution in [0.4, 0.5) is 5.69 Å². The molecule has 0 radical (unpaired) electrons. The summed E-state index contributed by atoms with van der Waals surface area (Å²) in [4.78, 5) is 23.8. The van der Waals surface area contributed by atoms with Gasteiger partial charge in [-0.1, -0.05) is 6.58 Å². The van der Waals surface area contributed by atoms with Crippen molar-refractivity contribution in [2.75, 3.05) is 12.4 Å². The zero-order valence-electron chi connectivity index (χ0n) is 16.2. The Morgan fingerprint density at radius 3 is 2.76 bits per heavy atom. The third kappa shape index (κ3) is 3.73. The van der Waals surface area contributed by atoms with E-state index in [4.69, 9.17) is 4.74 Å². The van der Waals surface area contributed by atoms with E-state index < -0.39 is 0 Å². The second-order valence-corrected chi connectivity index (χ2v) is 6.65. The van der Waals surface area contributed by atoms with Crippen molar-refractivity contribution in [1.29, 1.82) is 0 Å². The molecule has 0 fully saturated rings. The molecule has 29 heavy (non-hydrogen) atoms. The van der Waals surface area contributed by atoms with Crippen molar-refractivity contribution in [2.24, 2.45) is 0 Å². The van der Waals surface area contributed by atoms with Gasteiger partial charge < -0.3 is 15.0 Å². The number of nitrogens with one attached hydrogen (secondary N) is 2. The van der Waals surface area contributed by atoms with Gasteiger partial charge in [0.25, 0.3) is 0 Å². The molecule has 0 atom stereocenters. The Morgan fingerprint density at radius 1 is 1.14 bits per heavy atom. The van der Waals surface area contributed by atoms with E-state index in [2.05, 4.69) is 32.9 Å². The van der Waals surface area contributed by atoms with Crippen molar-refractivity contribution in [3.05, 3.63) is 73.3 Å². The van der Waals surface area contributed by atoms with E-state index in [0.29, 0.717) is 11.4 Å². The molecule has 0 saturated carbocycles. The number of methoxy groups -OCH3 is 1. The van der Waals surface area contributed by atoms with Gasteiger partial charge in [-0.2, -0.15) is 0 Å². The van der Waals surface area contributed by atoms with Crippen molar-refractivity contribution in [2.45, 2.75) is 6.92 Å². The number of aromatic nitrogens is 3. The summed E-state index contributed by atoms with van der Waals surface area (Å²) in [5.74, 6) is 0.361. The molecule has 0 aliphatic heterocycles. The minimum atomic E-state index is -0.279. The molecule has 1 amide bonds. The van der Waals surface area contributed by atoms with Crippen LogP contribution in [0.3, 0.4) is 0 Å². The summed E-state index contributed by atoms with van der Waals surface area (Å²) in [6, 6.07) is 11.7. The van der Waals surface area contributed by atoms with E-state index >= 15 is 0 Å². The summed E-state index contributed by atoms with van der Waals surface area (Å²) >= 11 is 0. The number of amides is 1. The number of hydrogen-bond acceptors (Lipinski definition) is 4. The SMILES string of the molecule is C=CC(=O)Nc1cc(OC)cc(-c2cnc3[nH]cc(-c4ccnc(C)c4)c3c2)c1. The van der Waals surface area contributed by atoms with Crippen LogP contribution < -0.4 is 10.1 Å². The number of anilines is 1. The standard InChI is InChI=1S/C23H20N4O2/c1-4-22(28)27-18-8-16(9-19(11-18)29-3)17-10-20-21(13-26-23(20)25-12-17)15-5-6-24-14(2)7-15/h4-13H,1H2,2-3H3,(H,25,26)(H,27,28). The molecule has 3 heterocycles. The lowest BCUT2D eigenvalue weighted by Crippen LogP contribution is -2.07. The normalized spacial score (nSPS) is 10.7. The van der Waals surface area contributed by atoms with Crippen molar-refractivity contribution in [3.63, 3.8) is 0 Å². The van der Waals surface area contributed by atoms with Gasteiger partial charge in [-0.3, -0.25) is 9.78 Å². The van der Waals surface area contributed by atoms with Gasteiger partial charge in [-0.15, -0.1) is 0 Å². The monoisotopic (exact) mass is 384 g/mol. The molecule has 3 aromatic heterocycles. The van der Waals surface area contributed by atoms with Gasteiger partial charge in [0, 0.05) is 52.6 Å². The molecule has 6 heteroatoms. The molecule has 0 spiro atoms. The maximum Gasteiger partial charge on any atom is 0.247 e. The van der Waals surface area contributed by atoms with Gasteiger partial charge >= 0.3 is 0 Å². The van der Waals surface area contributed by atoms with Gasteiger partial charge in [0.2, 0.25) is 5.91 Å². The molecule has 4 aromatic rings. The van der Waals surface area contributed by atoms with Gasteiger partial charge in [-0.25, -0.2) is 4.98 Å². The van der Waals surface area contributed by atoms with Gasteiger partial charge in [0.15, 0.2) is 0 Å². The Bertz CT molecular complexity index is 1230. The maximum absolute atomic E-state index is 11.7. The number of carbonyl (C=O) groups is 1. The van der Waals surface area contributed by atoms with Crippen molar-refractivity contribution in [3.8, 4) is 28.0 Å². The lowest BCUT2D eigenvalue weighted by Gasteiger charge is -2.10. The number of aryl methyl sites for hydroxylation is 1. The molecule has 144 valence electrons. The first-order chi connectivity index (χ1) is 14.1. The number of fused-ring (bicyclic) bond motifs is 1. The fraction of sp³-hybridized carbons (Fsp3) is 0.0870. The molecule has 0 aliphatic rings. The quantitative estimate of drug-likeness (QED) is 0.487. The van der Waals surface area contributed by atoms with Crippen molar-refractivity contribution in [1.82, 2.24) is 15.0 Å². The average Bonchev–Trinajstić information content (AvgIpc) is 3.16. The zero-order valence-corrected chi connectivity index (χ0v) is 16.2. The van der Waals surface area contributed by atoms with E-state index in [1.165, 1.54) is 6.08 Å². The van der Waals surface area contributed by atoms with Crippen LogP contribution in [0.2, 0.25) is 0 Å². The first-order valence-corrected chi connectivity index (χ1v) is 9.10. The number of carbonyl (C=O) groups excluding carboxylic acids is 1. The third-order valence-electron chi connectivity index (χ3n) is 4.67. The largest absolute Gasteiger partial charge is 0.497 e. The summed E-state index contributed by atoms with van der Waals surface area (Å²) < 4.78 is 5.40. The highest BCUT2D eigenvalue weighted by molar-refractivity contribution is 6.00. The molecule has 0 aliphatic carbocycles. The minimum absolute atomic E-state index is 0.279. The summed E-state index contributed by atoms with van der Waals surface area (Å²) in [5, 5.41) is 3.79. The smallest absolute Gasteiger partial charge is 0.247 e. The third-order valence-corrected chi connectivity index (χ3v) is 4.67. The second kappa shape index (κ2) is 7.59. The van der Waals surface area contributed by atoms with E-state index in [1.807, 2.05) is 37.4 Å². The number of rotatable bonds is 5. The molecule has 2 N–H and O–H groups in total. The highest BCUT2D eigenvalue weighted by Gasteiger charge is 2.11. The Hall–Kier alpha value is -3.93. The lowest BCUT2D eigenvalue weighted by molar-refractivity contribution is -0.111. The highest BCUT2D eigenvalue weighted by Crippen LogP contribution is 2.33. The number of aromatic amines is 1. The Labute approximate surface area is 168 Å². The van der Waals surface area contributed by atoms with E-state index in [9.17, 15) is 4.79 Å². The summed E-state index contributed by atoms with van der Waals surface area (Å²) in [6.45, 7) is 5.46. The first kappa shape index (κ1) is 18.4. The van der Waals surface area contributed by atoms with Crippen LogP contribution in [0, 0.1) is 6.92 Å². The number of H-pyrrole nitrogens is 1. The van der Waals surface area contributed by atoms with Crippen molar-refractivity contribution >= 4 is 22.6 Å². The fourth-order valence-corrected chi connectivity index (χ4v) is 3.26. The Kier molecular flexibility index (Phi) is 4.83. The number of pyridine rings is 2. The number of ether oxygens (including phenoxy) is 1. The predicted molar refractivity (Wildman–Crippen MR) is 115 cm³/mol. The van der Waals surface area contributed by atoms with Crippen LogP contribution in [-0.2, 0) is 4.79 Å². The van der Waals surface area contributed by atoms with Gasteiger partial charge in [0.1, 0.15) is 11.4 Å². The van der Waals surface area contributed by atoms with Crippen LogP contribution in [0.15, 0.2) is 67.6 Å². The van der Waals surface area contributed by atoms with E-state index in [-0.39, 0.29) is 5.91 Å². The Balaban J connectivity index is 1.82. The lowest BCUT2D eigenvalue weighted by atomic mass is 10.0. The maximum atomic E-state index is 11.7. The molecular weight excluding hydrogens is 364 g/mol.